The van der Waals surface area contributed by atoms with E-state index in [0.29, 0.717) is 32.3 Å². The molecular weight excluding hydrogens is 302 g/mol. The number of aliphatic hydroxyl groups is 1. The zero-order chi connectivity index (χ0) is 17.4. The monoisotopic (exact) mass is 335 g/mol. The Morgan fingerprint density at radius 3 is 2.42 bits per heavy atom. The molecule has 0 radical (unpaired) electrons. The minimum Gasteiger partial charge on any atom is -0.491 e. The summed E-state index contributed by atoms with van der Waals surface area (Å²) in [4.78, 5) is 2.33. The molecule has 1 saturated heterocycles. The average molecular weight is 335 g/mol. The molecule has 24 heavy (non-hydrogen) atoms. The van der Waals surface area contributed by atoms with E-state index in [2.05, 4.69) is 37.8 Å². The molecule has 0 spiro atoms. The van der Waals surface area contributed by atoms with Crippen LogP contribution in [0.4, 0.5) is 0 Å². The van der Waals surface area contributed by atoms with Crippen LogP contribution in [-0.4, -0.2) is 55.6 Å². The van der Waals surface area contributed by atoms with E-state index in [1.807, 2.05) is 12.1 Å². The second-order valence-electron chi connectivity index (χ2n) is 7.28. The van der Waals surface area contributed by atoms with E-state index >= 15 is 0 Å². The number of hydrogen-bond donors (Lipinski definition) is 1. The Balaban J connectivity index is 1.54. The number of aliphatic hydroxyl groups excluding tert-OH is 1. The largest absolute Gasteiger partial charge is 0.491 e. The van der Waals surface area contributed by atoms with E-state index in [4.69, 9.17) is 9.47 Å². The van der Waals surface area contributed by atoms with Crippen LogP contribution in [0.3, 0.4) is 0 Å². The molecule has 1 N–H and O–H groups in total. The van der Waals surface area contributed by atoms with Gasteiger partial charge in [-0.25, -0.2) is 0 Å². The van der Waals surface area contributed by atoms with Crippen molar-refractivity contribution in [1.82, 2.24) is 4.90 Å². The van der Waals surface area contributed by atoms with Crippen molar-refractivity contribution in [1.29, 1.82) is 0 Å². The lowest BCUT2D eigenvalue weighted by atomic mass is 9.99. The van der Waals surface area contributed by atoms with E-state index in [9.17, 15) is 5.11 Å². The maximum atomic E-state index is 10.1. The fourth-order valence-electron chi connectivity index (χ4n) is 2.98. The number of β-amino-alcohol motifs (C(OH)–C–C–N with tert-alkyl or cyclic N) is 1. The van der Waals surface area contributed by atoms with Crippen LogP contribution in [-0.2, 0) is 4.74 Å². The highest BCUT2D eigenvalue weighted by molar-refractivity contribution is 5.28. The molecule has 0 aliphatic carbocycles. The van der Waals surface area contributed by atoms with Crippen molar-refractivity contribution in [2.45, 2.75) is 45.6 Å². The first-order chi connectivity index (χ1) is 11.5. The number of rotatable bonds is 9. The van der Waals surface area contributed by atoms with Gasteiger partial charge in [0.1, 0.15) is 12.4 Å². The highest BCUT2D eigenvalue weighted by atomic mass is 16.5. The first-order valence-corrected chi connectivity index (χ1v) is 9.25. The molecule has 1 heterocycles. The Bertz CT molecular complexity index is 452. The van der Waals surface area contributed by atoms with E-state index in [1.165, 1.54) is 18.4 Å². The molecule has 1 aromatic carbocycles. The van der Waals surface area contributed by atoms with Gasteiger partial charge in [0.05, 0.1) is 19.3 Å². The van der Waals surface area contributed by atoms with Crippen molar-refractivity contribution < 1.29 is 14.6 Å². The van der Waals surface area contributed by atoms with Gasteiger partial charge >= 0.3 is 0 Å². The summed E-state index contributed by atoms with van der Waals surface area (Å²) >= 11 is 0. The Hall–Kier alpha value is -1.10. The maximum absolute atomic E-state index is 10.1. The second-order valence-corrected chi connectivity index (χ2v) is 7.28. The summed E-state index contributed by atoms with van der Waals surface area (Å²) in [7, 11) is 0. The standard InChI is InChI=1S/C20H33NO3/c1-16(2)18-4-6-20(7-5-18)24-13-12-23-15-19(22)14-21-10-8-17(3)9-11-21/h4-7,16-17,19,22H,8-15H2,1-3H3. The predicted molar refractivity (Wildman–Crippen MR) is 97.7 cm³/mol. The quantitative estimate of drug-likeness (QED) is 0.703. The summed E-state index contributed by atoms with van der Waals surface area (Å²) in [5.41, 5.74) is 1.31. The predicted octanol–water partition coefficient (Wildman–Crippen LogP) is 3.30. The summed E-state index contributed by atoms with van der Waals surface area (Å²) < 4.78 is 11.2. The van der Waals surface area contributed by atoms with Gasteiger partial charge in [-0.3, -0.25) is 0 Å². The van der Waals surface area contributed by atoms with Gasteiger partial charge in [0.25, 0.3) is 0 Å². The van der Waals surface area contributed by atoms with Crippen LogP contribution in [0.25, 0.3) is 0 Å². The minimum atomic E-state index is -0.413. The first-order valence-electron chi connectivity index (χ1n) is 9.25. The van der Waals surface area contributed by atoms with Crippen LogP contribution < -0.4 is 4.74 Å². The van der Waals surface area contributed by atoms with Crippen molar-refractivity contribution in [2.75, 3.05) is 39.5 Å². The van der Waals surface area contributed by atoms with Crippen LogP contribution in [0, 0.1) is 5.92 Å². The lowest BCUT2D eigenvalue weighted by Crippen LogP contribution is -2.40. The maximum Gasteiger partial charge on any atom is 0.119 e. The Labute approximate surface area is 146 Å². The number of nitrogens with zero attached hydrogens (tertiary/aromatic N) is 1. The molecule has 0 amide bonds. The molecule has 136 valence electrons. The number of likely N-dealkylation sites (tertiary alicyclic amines) is 1. The Kier molecular flexibility index (Phi) is 8.03. The SMILES string of the molecule is CC1CCN(CC(O)COCCOc2ccc(C(C)C)cc2)CC1. The molecule has 0 saturated carbocycles. The summed E-state index contributed by atoms with van der Waals surface area (Å²) in [5, 5.41) is 10.1. The zero-order valence-corrected chi connectivity index (χ0v) is 15.4. The van der Waals surface area contributed by atoms with Crippen molar-refractivity contribution in [2.24, 2.45) is 5.92 Å². The molecule has 1 atom stereocenters. The molecule has 1 fully saturated rings. The molecule has 4 nitrogen and oxygen atoms in total. The van der Waals surface area contributed by atoms with Gasteiger partial charge in [-0.2, -0.15) is 0 Å². The van der Waals surface area contributed by atoms with E-state index in [1.54, 1.807) is 0 Å². The van der Waals surface area contributed by atoms with Crippen LogP contribution in [0.5, 0.6) is 5.75 Å². The third-order valence-corrected chi connectivity index (χ3v) is 4.70. The van der Waals surface area contributed by atoms with Crippen LogP contribution in [0.1, 0.15) is 45.1 Å². The molecule has 1 unspecified atom stereocenters. The average Bonchev–Trinajstić information content (AvgIpc) is 2.57. The van der Waals surface area contributed by atoms with Crippen molar-refractivity contribution in [3.05, 3.63) is 29.8 Å². The Morgan fingerprint density at radius 1 is 1.12 bits per heavy atom. The van der Waals surface area contributed by atoms with Crippen molar-refractivity contribution >= 4 is 0 Å². The number of piperidine rings is 1. The first kappa shape index (κ1) is 19.2. The fourth-order valence-corrected chi connectivity index (χ4v) is 2.98. The lowest BCUT2D eigenvalue weighted by molar-refractivity contribution is 0.00333. The lowest BCUT2D eigenvalue weighted by Gasteiger charge is -2.31. The number of benzene rings is 1. The van der Waals surface area contributed by atoms with Gasteiger partial charge in [-0.05, 0) is 55.5 Å². The zero-order valence-electron chi connectivity index (χ0n) is 15.4. The van der Waals surface area contributed by atoms with Gasteiger partial charge in [0, 0.05) is 6.54 Å². The van der Waals surface area contributed by atoms with Gasteiger partial charge in [-0.15, -0.1) is 0 Å². The van der Waals surface area contributed by atoms with Gasteiger partial charge in [0.2, 0.25) is 0 Å². The van der Waals surface area contributed by atoms with Crippen molar-refractivity contribution in [3.8, 4) is 5.75 Å². The molecule has 4 heteroatoms. The summed E-state index contributed by atoms with van der Waals surface area (Å²) in [6, 6.07) is 8.21. The highest BCUT2D eigenvalue weighted by Gasteiger charge is 2.18. The summed E-state index contributed by atoms with van der Waals surface area (Å²) in [6.45, 7) is 10.9. The van der Waals surface area contributed by atoms with E-state index < -0.39 is 6.10 Å². The van der Waals surface area contributed by atoms with Crippen LogP contribution in [0.2, 0.25) is 0 Å². The summed E-state index contributed by atoms with van der Waals surface area (Å²) in [5.74, 6) is 2.22. The van der Waals surface area contributed by atoms with Crippen LogP contribution >= 0.6 is 0 Å². The van der Waals surface area contributed by atoms with Gasteiger partial charge < -0.3 is 19.5 Å². The normalized spacial score (nSPS) is 18.0. The fraction of sp³-hybridized carbons (Fsp3) is 0.700. The van der Waals surface area contributed by atoms with Gasteiger partial charge in [0.15, 0.2) is 0 Å². The Morgan fingerprint density at radius 2 is 1.79 bits per heavy atom. The number of ether oxygens (including phenoxy) is 2. The molecular formula is C20H33NO3. The highest BCUT2D eigenvalue weighted by Crippen LogP contribution is 2.18. The topological polar surface area (TPSA) is 41.9 Å². The van der Waals surface area contributed by atoms with E-state index in [-0.39, 0.29) is 0 Å². The smallest absolute Gasteiger partial charge is 0.119 e. The summed E-state index contributed by atoms with van der Waals surface area (Å²) in [6.07, 6.45) is 2.05. The van der Waals surface area contributed by atoms with Gasteiger partial charge in [-0.1, -0.05) is 32.9 Å². The molecule has 1 aromatic rings. The molecule has 2 rings (SSSR count). The molecule has 1 aliphatic rings. The molecule has 0 aromatic heterocycles. The second kappa shape index (κ2) is 10.0. The van der Waals surface area contributed by atoms with Crippen LogP contribution in [0.15, 0.2) is 24.3 Å². The third-order valence-electron chi connectivity index (χ3n) is 4.70. The third kappa shape index (κ3) is 6.80. The molecule has 1 aliphatic heterocycles. The minimum absolute atomic E-state index is 0.377. The van der Waals surface area contributed by atoms with Crippen molar-refractivity contribution in [3.63, 3.8) is 0 Å². The number of hydrogen-bond acceptors (Lipinski definition) is 4. The molecule has 0 bridgehead atoms. The van der Waals surface area contributed by atoms with E-state index in [0.717, 1.165) is 24.8 Å².